The molecule has 0 saturated heterocycles. The molecule has 4 heteroatoms. The van der Waals surface area contributed by atoms with Crippen LogP contribution in [0, 0.1) is 11.3 Å². The molecule has 0 atom stereocenters. The monoisotopic (exact) mass is 212 g/mol. The fourth-order valence-electron chi connectivity index (χ4n) is 0.668. The number of aromatic hydroxyl groups is 1. The molecule has 0 saturated carbocycles. The first-order valence-electron chi connectivity index (χ1n) is 2.94. The number of hydrogen-bond acceptors (Lipinski definition) is 3. The summed E-state index contributed by atoms with van der Waals surface area (Å²) in [5.74, 6) is 0.0564. The normalized spacial score (nSPS) is 9.09. The highest BCUT2D eigenvalue weighted by atomic mass is 79.9. The van der Waals surface area contributed by atoms with Gasteiger partial charge in [-0.25, -0.2) is 0 Å². The lowest BCUT2D eigenvalue weighted by atomic mass is 10.3. The minimum absolute atomic E-state index is 0.0564. The van der Waals surface area contributed by atoms with Gasteiger partial charge in [-0.05, 0) is 22.0 Å². The van der Waals surface area contributed by atoms with Crippen LogP contribution in [0.15, 0.2) is 16.7 Å². The van der Waals surface area contributed by atoms with E-state index in [1.165, 1.54) is 6.07 Å². The highest BCUT2D eigenvalue weighted by Gasteiger charge is 2.01. The second kappa shape index (κ2) is 3.35. The molecule has 0 amide bonds. The van der Waals surface area contributed by atoms with Gasteiger partial charge in [0, 0.05) is 10.7 Å². The van der Waals surface area contributed by atoms with Gasteiger partial charge in [-0.3, -0.25) is 4.98 Å². The molecular weight excluding hydrogens is 208 g/mol. The summed E-state index contributed by atoms with van der Waals surface area (Å²) in [6.45, 7) is 0. The van der Waals surface area contributed by atoms with E-state index in [0.717, 1.165) is 0 Å². The highest BCUT2D eigenvalue weighted by Crippen LogP contribution is 2.19. The topological polar surface area (TPSA) is 56.9 Å². The third kappa shape index (κ3) is 1.92. The molecule has 3 nitrogen and oxygen atoms in total. The zero-order chi connectivity index (χ0) is 8.27. The number of nitrogens with zero attached hydrogens (tertiary/aromatic N) is 2. The van der Waals surface area contributed by atoms with Crippen LogP contribution in [-0.2, 0) is 6.42 Å². The molecule has 1 N–H and O–H groups in total. The van der Waals surface area contributed by atoms with Crippen LogP contribution in [-0.4, -0.2) is 10.1 Å². The number of nitriles is 1. The van der Waals surface area contributed by atoms with Gasteiger partial charge >= 0.3 is 0 Å². The van der Waals surface area contributed by atoms with Gasteiger partial charge in [-0.2, -0.15) is 5.26 Å². The maximum Gasteiger partial charge on any atom is 0.139 e. The molecule has 0 bridgehead atoms. The number of hydrogen-bond donors (Lipinski definition) is 1. The van der Waals surface area contributed by atoms with Crippen LogP contribution in [0.3, 0.4) is 0 Å². The predicted molar refractivity (Wildman–Crippen MR) is 42.9 cm³/mol. The lowest BCUT2D eigenvalue weighted by Gasteiger charge is -1.97. The Morgan fingerprint density at radius 1 is 1.73 bits per heavy atom. The number of halogens is 1. The lowest BCUT2D eigenvalue weighted by Crippen LogP contribution is -1.87. The molecule has 1 rings (SSSR count). The fourth-order valence-corrected chi connectivity index (χ4v) is 0.987. The van der Waals surface area contributed by atoms with E-state index < -0.39 is 0 Å². The average molecular weight is 213 g/mol. The standard InChI is InChI=1S/C7H5BrN2O/c8-5-3-7(11)6(1-2-9)10-4-5/h3-4,11H,1H2. The van der Waals surface area contributed by atoms with E-state index in [1.807, 2.05) is 6.07 Å². The van der Waals surface area contributed by atoms with Crippen molar-refractivity contribution in [1.82, 2.24) is 4.98 Å². The Morgan fingerprint density at radius 3 is 3.00 bits per heavy atom. The molecule has 11 heavy (non-hydrogen) atoms. The van der Waals surface area contributed by atoms with Gasteiger partial charge in [0.2, 0.25) is 0 Å². The van der Waals surface area contributed by atoms with Crippen LogP contribution >= 0.6 is 15.9 Å². The van der Waals surface area contributed by atoms with Crippen LogP contribution in [0.1, 0.15) is 5.69 Å². The van der Waals surface area contributed by atoms with E-state index in [-0.39, 0.29) is 12.2 Å². The number of rotatable bonds is 1. The maximum absolute atomic E-state index is 9.18. The Balaban J connectivity index is 3.01. The Hall–Kier alpha value is -1.08. The molecule has 1 aromatic heterocycles. The summed E-state index contributed by atoms with van der Waals surface area (Å²) in [7, 11) is 0. The van der Waals surface area contributed by atoms with Gasteiger partial charge in [0.1, 0.15) is 5.75 Å². The zero-order valence-electron chi connectivity index (χ0n) is 5.58. The average Bonchev–Trinajstić information content (AvgIpc) is 1.95. The molecule has 0 fully saturated rings. The van der Waals surface area contributed by atoms with E-state index in [0.29, 0.717) is 10.2 Å². The zero-order valence-corrected chi connectivity index (χ0v) is 7.17. The van der Waals surface area contributed by atoms with Gasteiger partial charge in [0.05, 0.1) is 18.2 Å². The van der Waals surface area contributed by atoms with E-state index in [9.17, 15) is 5.11 Å². The van der Waals surface area contributed by atoms with Crippen LogP contribution < -0.4 is 0 Å². The number of pyridine rings is 1. The van der Waals surface area contributed by atoms with Gasteiger partial charge in [-0.15, -0.1) is 0 Å². The SMILES string of the molecule is N#CCc1ncc(Br)cc1O. The molecule has 0 aliphatic rings. The molecule has 0 aliphatic heterocycles. The Labute approximate surface area is 72.4 Å². The van der Waals surface area contributed by atoms with E-state index in [4.69, 9.17) is 5.26 Å². The van der Waals surface area contributed by atoms with Crippen molar-refractivity contribution in [2.75, 3.05) is 0 Å². The molecule has 0 spiro atoms. The Kier molecular flexibility index (Phi) is 2.44. The molecule has 0 unspecified atom stereocenters. The first-order valence-corrected chi connectivity index (χ1v) is 3.73. The van der Waals surface area contributed by atoms with Crippen LogP contribution in [0.4, 0.5) is 0 Å². The minimum Gasteiger partial charge on any atom is -0.506 e. The van der Waals surface area contributed by atoms with Gasteiger partial charge < -0.3 is 5.11 Å². The first kappa shape index (κ1) is 8.02. The molecule has 1 aromatic rings. The van der Waals surface area contributed by atoms with Gasteiger partial charge in [-0.1, -0.05) is 0 Å². The van der Waals surface area contributed by atoms with Crippen LogP contribution in [0.2, 0.25) is 0 Å². The summed E-state index contributed by atoms with van der Waals surface area (Å²) < 4.78 is 0.705. The van der Waals surface area contributed by atoms with Crippen molar-refractivity contribution in [2.45, 2.75) is 6.42 Å². The second-order valence-electron chi connectivity index (χ2n) is 1.95. The predicted octanol–water partition coefficient (Wildman–Crippen LogP) is 1.62. The minimum atomic E-state index is 0.0564. The smallest absolute Gasteiger partial charge is 0.139 e. The van der Waals surface area contributed by atoms with Crippen molar-refractivity contribution in [1.29, 1.82) is 5.26 Å². The first-order chi connectivity index (χ1) is 5.24. The largest absolute Gasteiger partial charge is 0.506 e. The van der Waals surface area contributed by atoms with Crippen molar-refractivity contribution in [3.8, 4) is 11.8 Å². The fraction of sp³-hybridized carbons (Fsp3) is 0.143. The molecule has 0 radical (unpaired) electrons. The lowest BCUT2D eigenvalue weighted by molar-refractivity contribution is 0.465. The van der Waals surface area contributed by atoms with E-state index in [1.54, 1.807) is 6.20 Å². The third-order valence-electron chi connectivity index (χ3n) is 1.16. The Morgan fingerprint density at radius 2 is 2.45 bits per heavy atom. The summed E-state index contributed by atoms with van der Waals surface area (Å²) in [4.78, 5) is 3.85. The van der Waals surface area contributed by atoms with Crippen LogP contribution in [0.5, 0.6) is 5.75 Å². The molecule has 1 heterocycles. The van der Waals surface area contributed by atoms with Crippen molar-refractivity contribution in [3.05, 3.63) is 22.4 Å². The third-order valence-corrected chi connectivity index (χ3v) is 1.59. The summed E-state index contributed by atoms with van der Waals surface area (Å²) in [5.41, 5.74) is 0.413. The Bertz CT molecular complexity index is 306. The van der Waals surface area contributed by atoms with E-state index >= 15 is 0 Å². The van der Waals surface area contributed by atoms with Gasteiger partial charge in [0.15, 0.2) is 0 Å². The summed E-state index contributed by atoms with van der Waals surface area (Å²) in [6.07, 6.45) is 1.69. The summed E-state index contributed by atoms with van der Waals surface area (Å²) in [5, 5.41) is 17.5. The van der Waals surface area contributed by atoms with Crippen molar-refractivity contribution >= 4 is 15.9 Å². The second-order valence-corrected chi connectivity index (χ2v) is 2.87. The maximum atomic E-state index is 9.18. The summed E-state index contributed by atoms with van der Waals surface area (Å²) in [6, 6.07) is 3.42. The molecule has 0 aliphatic carbocycles. The molecule has 0 aromatic carbocycles. The quantitative estimate of drug-likeness (QED) is 0.770. The number of aromatic nitrogens is 1. The van der Waals surface area contributed by atoms with Crippen LogP contribution in [0.25, 0.3) is 0 Å². The highest BCUT2D eigenvalue weighted by molar-refractivity contribution is 9.10. The van der Waals surface area contributed by atoms with Gasteiger partial charge in [0.25, 0.3) is 0 Å². The van der Waals surface area contributed by atoms with Crippen molar-refractivity contribution < 1.29 is 5.11 Å². The van der Waals surface area contributed by atoms with Crippen molar-refractivity contribution in [2.24, 2.45) is 0 Å². The summed E-state index contributed by atoms with van der Waals surface area (Å²) >= 11 is 3.14. The molecular formula is C7H5BrN2O. The molecule has 56 valence electrons. The van der Waals surface area contributed by atoms with Crippen molar-refractivity contribution in [3.63, 3.8) is 0 Å². The van der Waals surface area contributed by atoms with E-state index in [2.05, 4.69) is 20.9 Å².